The van der Waals surface area contributed by atoms with E-state index < -0.39 is 0 Å². The van der Waals surface area contributed by atoms with Crippen LogP contribution < -0.4 is 10.6 Å². The molecule has 2 rings (SSSR count). The van der Waals surface area contributed by atoms with Crippen molar-refractivity contribution in [1.82, 2.24) is 4.98 Å². The van der Waals surface area contributed by atoms with Crippen LogP contribution in [-0.2, 0) is 0 Å². The summed E-state index contributed by atoms with van der Waals surface area (Å²) in [6, 6.07) is 0. The zero-order chi connectivity index (χ0) is 9.26. The van der Waals surface area contributed by atoms with E-state index >= 15 is 0 Å². The normalized spacial score (nSPS) is 17.3. The van der Waals surface area contributed by atoms with Gasteiger partial charge in [-0.15, -0.1) is 0 Å². The highest BCUT2D eigenvalue weighted by atomic mass is 32.1. The first-order valence-corrected chi connectivity index (χ1v) is 5.19. The molecule has 0 spiro atoms. The van der Waals surface area contributed by atoms with Crippen molar-refractivity contribution in [2.75, 3.05) is 23.7 Å². The first-order valence-electron chi connectivity index (χ1n) is 4.37. The maximum Gasteiger partial charge on any atom is 0.187 e. The second kappa shape index (κ2) is 3.38. The van der Waals surface area contributed by atoms with Crippen LogP contribution in [0, 0.1) is 0 Å². The molecular formula is C9H13N3S. The Kier molecular flexibility index (Phi) is 2.22. The molecule has 4 heteroatoms. The van der Waals surface area contributed by atoms with Gasteiger partial charge in [-0.2, -0.15) is 0 Å². The molecule has 0 fully saturated rings. The van der Waals surface area contributed by atoms with Crippen LogP contribution >= 0.6 is 11.3 Å². The summed E-state index contributed by atoms with van der Waals surface area (Å²) in [5.41, 5.74) is 7.05. The maximum absolute atomic E-state index is 5.63. The van der Waals surface area contributed by atoms with Crippen molar-refractivity contribution in [1.29, 1.82) is 0 Å². The topological polar surface area (TPSA) is 42.2 Å². The highest BCUT2D eigenvalue weighted by molar-refractivity contribution is 7.19. The smallest absolute Gasteiger partial charge is 0.187 e. The SMILES string of the molecule is CC1=CCCN(c2ncc(N)s2)C1. The fraction of sp³-hybridized carbons (Fsp3) is 0.444. The van der Waals surface area contributed by atoms with Crippen LogP contribution in [0.1, 0.15) is 13.3 Å². The highest BCUT2D eigenvalue weighted by Gasteiger charge is 2.13. The van der Waals surface area contributed by atoms with Crippen molar-refractivity contribution >= 4 is 21.5 Å². The number of hydrogen-bond acceptors (Lipinski definition) is 4. The van der Waals surface area contributed by atoms with Crippen molar-refractivity contribution in [2.24, 2.45) is 0 Å². The predicted molar refractivity (Wildman–Crippen MR) is 57.1 cm³/mol. The van der Waals surface area contributed by atoms with Crippen LogP contribution in [0.2, 0.25) is 0 Å². The van der Waals surface area contributed by atoms with Crippen molar-refractivity contribution in [2.45, 2.75) is 13.3 Å². The zero-order valence-corrected chi connectivity index (χ0v) is 8.47. The van der Waals surface area contributed by atoms with E-state index in [1.807, 2.05) is 0 Å². The van der Waals surface area contributed by atoms with Gasteiger partial charge in [-0.05, 0) is 13.3 Å². The van der Waals surface area contributed by atoms with Crippen LogP contribution in [0.4, 0.5) is 10.1 Å². The van der Waals surface area contributed by atoms with Gasteiger partial charge < -0.3 is 10.6 Å². The summed E-state index contributed by atoms with van der Waals surface area (Å²) >= 11 is 1.56. The van der Waals surface area contributed by atoms with Crippen LogP contribution in [0.5, 0.6) is 0 Å². The number of thiazole rings is 1. The van der Waals surface area contributed by atoms with E-state index in [2.05, 4.69) is 22.9 Å². The van der Waals surface area contributed by atoms with Gasteiger partial charge in [-0.25, -0.2) is 4.98 Å². The van der Waals surface area contributed by atoms with Gasteiger partial charge in [0.05, 0.1) is 6.20 Å². The summed E-state index contributed by atoms with van der Waals surface area (Å²) in [5.74, 6) is 0. The molecule has 0 bridgehead atoms. The third-order valence-electron chi connectivity index (χ3n) is 2.11. The van der Waals surface area contributed by atoms with Crippen LogP contribution in [0.3, 0.4) is 0 Å². The Morgan fingerprint density at radius 3 is 3.08 bits per heavy atom. The summed E-state index contributed by atoms with van der Waals surface area (Å²) < 4.78 is 0. The van der Waals surface area contributed by atoms with Crippen molar-refractivity contribution in [3.05, 3.63) is 17.8 Å². The standard InChI is InChI=1S/C9H13N3S/c1-7-3-2-4-12(6-7)9-11-5-8(10)13-9/h3,5H,2,4,6,10H2,1H3. The average Bonchev–Trinajstić information content (AvgIpc) is 2.52. The molecule has 13 heavy (non-hydrogen) atoms. The quantitative estimate of drug-likeness (QED) is 0.696. The summed E-state index contributed by atoms with van der Waals surface area (Å²) in [4.78, 5) is 6.54. The minimum atomic E-state index is 0.794. The molecule has 3 nitrogen and oxygen atoms in total. The molecule has 0 amide bonds. The Morgan fingerprint density at radius 2 is 2.46 bits per heavy atom. The number of nitrogens with zero attached hydrogens (tertiary/aromatic N) is 2. The molecule has 70 valence electrons. The average molecular weight is 195 g/mol. The number of hydrogen-bond donors (Lipinski definition) is 1. The molecule has 0 radical (unpaired) electrons. The molecule has 0 unspecified atom stereocenters. The van der Waals surface area contributed by atoms with Crippen molar-refractivity contribution in [3.8, 4) is 0 Å². The number of rotatable bonds is 1. The van der Waals surface area contributed by atoms with E-state index in [1.165, 1.54) is 5.57 Å². The summed E-state index contributed by atoms with van der Waals surface area (Å²) in [7, 11) is 0. The Bertz CT molecular complexity index is 329. The van der Waals surface area contributed by atoms with Crippen LogP contribution in [-0.4, -0.2) is 18.1 Å². The molecule has 0 aromatic carbocycles. The Balaban J connectivity index is 2.14. The van der Waals surface area contributed by atoms with E-state index in [1.54, 1.807) is 17.5 Å². The Labute approximate surface area is 81.9 Å². The van der Waals surface area contributed by atoms with Gasteiger partial charge in [0.2, 0.25) is 0 Å². The second-order valence-corrected chi connectivity index (χ2v) is 4.35. The molecule has 0 aliphatic carbocycles. The first kappa shape index (κ1) is 8.56. The van der Waals surface area contributed by atoms with E-state index in [0.29, 0.717) is 0 Å². The van der Waals surface area contributed by atoms with Crippen LogP contribution in [0.15, 0.2) is 17.8 Å². The molecule has 2 N–H and O–H groups in total. The molecule has 0 atom stereocenters. The van der Waals surface area contributed by atoms with Gasteiger partial charge in [-0.1, -0.05) is 23.0 Å². The molecule has 0 saturated carbocycles. The number of anilines is 2. The van der Waals surface area contributed by atoms with E-state index in [9.17, 15) is 0 Å². The molecule has 1 aromatic rings. The van der Waals surface area contributed by atoms with Crippen LogP contribution in [0.25, 0.3) is 0 Å². The van der Waals surface area contributed by atoms with Crippen molar-refractivity contribution < 1.29 is 0 Å². The van der Waals surface area contributed by atoms with Gasteiger partial charge in [0.1, 0.15) is 5.00 Å². The molecule has 0 saturated heterocycles. The maximum atomic E-state index is 5.63. The number of nitrogens with two attached hydrogens (primary N) is 1. The lowest BCUT2D eigenvalue weighted by atomic mass is 10.1. The Morgan fingerprint density at radius 1 is 1.62 bits per heavy atom. The molecule has 1 aliphatic rings. The largest absolute Gasteiger partial charge is 0.389 e. The monoisotopic (exact) mass is 195 g/mol. The summed E-state index contributed by atoms with van der Waals surface area (Å²) in [6.45, 7) is 4.21. The minimum Gasteiger partial charge on any atom is -0.389 e. The van der Waals surface area contributed by atoms with Gasteiger partial charge in [-0.3, -0.25) is 0 Å². The fourth-order valence-electron chi connectivity index (χ4n) is 1.50. The lowest BCUT2D eigenvalue weighted by Gasteiger charge is -2.25. The number of nitrogen functional groups attached to an aromatic ring is 1. The summed E-state index contributed by atoms with van der Waals surface area (Å²) in [6.07, 6.45) is 5.13. The predicted octanol–water partition coefficient (Wildman–Crippen LogP) is 1.88. The van der Waals surface area contributed by atoms with Crippen molar-refractivity contribution in [3.63, 3.8) is 0 Å². The lowest BCUT2D eigenvalue weighted by Crippen LogP contribution is -2.28. The fourth-order valence-corrected chi connectivity index (χ4v) is 2.20. The van der Waals surface area contributed by atoms with Gasteiger partial charge in [0, 0.05) is 13.1 Å². The zero-order valence-electron chi connectivity index (χ0n) is 7.66. The molecular weight excluding hydrogens is 182 g/mol. The van der Waals surface area contributed by atoms with E-state index in [-0.39, 0.29) is 0 Å². The van der Waals surface area contributed by atoms with E-state index in [0.717, 1.165) is 29.6 Å². The number of aromatic nitrogens is 1. The lowest BCUT2D eigenvalue weighted by molar-refractivity contribution is 0.787. The third-order valence-corrected chi connectivity index (χ3v) is 3.00. The molecule has 2 heterocycles. The first-order chi connectivity index (χ1) is 6.25. The molecule has 1 aliphatic heterocycles. The van der Waals surface area contributed by atoms with Gasteiger partial charge in [0.25, 0.3) is 0 Å². The molecule has 1 aromatic heterocycles. The van der Waals surface area contributed by atoms with Gasteiger partial charge in [0.15, 0.2) is 5.13 Å². The summed E-state index contributed by atoms with van der Waals surface area (Å²) in [5, 5.41) is 1.84. The third kappa shape index (κ3) is 1.83. The highest BCUT2D eigenvalue weighted by Crippen LogP contribution is 2.26. The Hall–Kier alpha value is -1.03. The second-order valence-electron chi connectivity index (χ2n) is 3.31. The van der Waals surface area contributed by atoms with E-state index in [4.69, 9.17) is 5.73 Å². The van der Waals surface area contributed by atoms with Gasteiger partial charge >= 0.3 is 0 Å². The minimum absolute atomic E-state index is 0.794.